The third-order valence-corrected chi connectivity index (χ3v) is 6.06. The van der Waals surface area contributed by atoms with Gasteiger partial charge in [-0.05, 0) is 24.5 Å². The molecule has 0 aliphatic carbocycles. The van der Waals surface area contributed by atoms with Gasteiger partial charge in [0.1, 0.15) is 0 Å². The molecule has 21 heavy (non-hydrogen) atoms. The van der Waals surface area contributed by atoms with E-state index in [1.54, 1.807) is 31.2 Å². The summed E-state index contributed by atoms with van der Waals surface area (Å²) in [5.74, 6) is -0.448. The molecule has 2 rings (SSSR count). The summed E-state index contributed by atoms with van der Waals surface area (Å²) in [5, 5.41) is -0.469. The maximum atomic E-state index is 12.5. The number of ether oxygens (including phenoxy) is 2. The molecule has 1 heterocycles. The Hall–Kier alpha value is -1.40. The first-order valence-corrected chi connectivity index (χ1v) is 8.62. The monoisotopic (exact) mass is 312 g/mol. The van der Waals surface area contributed by atoms with Crippen LogP contribution in [-0.2, 0) is 36.3 Å². The van der Waals surface area contributed by atoms with Gasteiger partial charge in [0.05, 0.1) is 30.6 Å². The van der Waals surface area contributed by atoms with Crippen molar-refractivity contribution in [3.63, 3.8) is 0 Å². The van der Waals surface area contributed by atoms with Crippen molar-refractivity contribution in [3.05, 3.63) is 35.4 Å². The average Bonchev–Trinajstić information content (AvgIpc) is 2.87. The van der Waals surface area contributed by atoms with Crippen LogP contribution in [0.3, 0.4) is 0 Å². The average molecular weight is 312 g/mol. The van der Waals surface area contributed by atoms with Gasteiger partial charge >= 0.3 is 5.97 Å². The highest BCUT2D eigenvalue weighted by Crippen LogP contribution is 2.25. The molecule has 1 aromatic carbocycles. The molecule has 2 atom stereocenters. The van der Waals surface area contributed by atoms with Gasteiger partial charge in [0.15, 0.2) is 9.84 Å². The number of sulfone groups is 1. The van der Waals surface area contributed by atoms with Gasteiger partial charge in [-0.2, -0.15) is 0 Å². The molecule has 0 saturated carbocycles. The first kappa shape index (κ1) is 16.0. The molecule has 1 aliphatic heterocycles. The smallest absolute Gasteiger partial charge is 0.309 e. The van der Waals surface area contributed by atoms with Gasteiger partial charge in [0.2, 0.25) is 0 Å². The molecule has 0 aromatic heterocycles. The summed E-state index contributed by atoms with van der Waals surface area (Å²) < 4.78 is 35.0. The van der Waals surface area contributed by atoms with Crippen LogP contribution in [0.15, 0.2) is 24.3 Å². The van der Waals surface area contributed by atoms with E-state index < -0.39 is 15.1 Å². The first-order chi connectivity index (χ1) is 9.94. The van der Waals surface area contributed by atoms with Crippen molar-refractivity contribution in [2.75, 3.05) is 13.7 Å². The molecular formula is C15H20O5S. The van der Waals surface area contributed by atoms with E-state index in [0.717, 1.165) is 0 Å². The van der Waals surface area contributed by atoms with Gasteiger partial charge in [-0.1, -0.05) is 24.3 Å². The molecule has 116 valence electrons. The number of carbonyl (C=O) groups excluding carboxylic acids is 1. The van der Waals surface area contributed by atoms with Crippen LogP contribution >= 0.6 is 0 Å². The Bertz CT molecular complexity index is 608. The van der Waals surface area contributed by atoms with Crippen LogP contribution in [0.1, 0.15) is 24.5 Å². The zero-order valence-corrected chi connectivity index (χ0v) is 13.1. The minimum atomic E-state index is -3.30. The molecule has 2 unspecified atom stereocenters. The molecule has 6 heteroatoms. The normalized spacial score (nSPS) is 22.2. The Labute approximate surface area is 125 Å². The lowest BCUT2D eigenvalue weighted by molar-refractivity contribution is -0.139. The number of methoxy groups -OCH3 is 1. The summed E-state index contributed by atoms with van der Waals surface area (Å²) in [6.45, 7) is 2.27. The van der Waals surface area contributed by atoms with Crippen LogP contribution in [0, 0.1) is 0 Å². The molecule has 0 spiro atoms. The highest BCUT2D eigenvalue weighted by atomic mass is 32.2. The van der Waals surface area contributed by atoms with Gasteiger partial charge in [-0.15, -0.1) is 0 Å². The molecule has 1 saturated heterocycles. The molecule has 1 aromatic rings. The predicted molar refractivity (Wildman–Crippen MR) is 78.6 cm³/mol. The van der Waals surface area contributed by atoms with E-state index in [9.17, 15) is 13.2 Å². The molecule has 0 N–H and O–H groups in total. The van der Waals surface area contributed by atoms with Crippen molar-refractivity contribution in [3.8, 4) is 0 Å². The zero-order valence-electron chi connectivity index (χ0n) is 12.2. The predicted octanol–water partition coefficient (Wildman–Crippen LogP) is 1.49. The minimum absolute atomic E-state index is 0.0709. The summed E-state index contributed by atoms with van der Waals surface area (Å²) in [6, 6.07) is 7.07. The maximum absolute atomic E-state index is 12.5. The SMILES string of the molecule is COC(=O)Cc1ccccc1CS(=O)(=O)C1CCOC1C. The minimum Gasteiger partial charge on any atom is -0.469 e. The number of rotatable bonds is 5. The lowest BCUT2D eigenvalue weighted by Crippen LogP contribution is -2.29. The Morgan fingerprint density at radius 1 is 1.33 bits per heavy atom. The van der Waals surface area contributed by atoms with Crippen LogP contribution in [0.25, 0.3) is 0 Å². The largest absolute Gasteiger partial charge is 0.469 e. The second kappa shape index (κ2) is 6.58. The maximum Gasteiger partial charge on any atom is 0.309 e. The molecule has 1 aliphatic rings. The highest BCUT2D eigenvalue weighted by molar-refractivity contribution is 7.91. The third-order valence-electron chi connectivity index (χ3n) is 3.81. The van der Waals surface area contributed by atoms with E-state index in [-0.39, 0.29) is 24.2 Å². The molecule has 0 bridgehead atoms. The van der Waals surface area contributed by atoms with Crippen LogP contribution in [0.2, 0.25) is 0 Å². The Morgan fingerprint density at radius 3 is 2.57 bits per heavy atom. The van der Waals surface area contributed by atoms with Crippen molar-refractivity contribution < 1.29 is 22.7 Å². The fourth-order valence-corrected chi connectivity index (χ4v) is 4.65. The Morgan fingerprint density at radius 2 is 2.00 bits per heavy atom. The summed E-state index contributed by atoms with van der Waals surface area (Å²) >= 11 is 0. The topological polar surface area (TPSA) is 69.7 Å². The van der Waals surface area contributed by atoms with Gasteiger partial charge < -0.3 is 9.47 Å². The quantitative estimate of drug-likeness (QED) is 0.771. The van der Waals surface area contributed by atoms with Crippen LogP contribution in [0.5, 0.6) is 0 Å². The fraction of sp³-hybridized carbons (Fsp3) is 0.533. The van der Waals surface area contributed by atoms with E-state index >= 15 is 0 Å². The number of carbonyl (C=O) groups is 1. The van der Waals surface area contributed by atoms with Crippen molar-refractivity contribution in [2.24, 2.45) is 0 Å². The molecule has 1 fully saturated rings. The fourth-order valence-electron chi connectivity index (χ4n) is 2.61. The van der Waals surface area contributed by atoms with E-state index in [1.807, 2.05) is 0 Å². The first-order valence-electron chi connectivity index (χ1n) is 6.91. The van der Waals surface area contributed by atoms with Crippen LogP contribution < -0.4 is 0 Å². The molecule has 5 nitrogen and oxygen atoms in total. The molecule has 0 amide bonds. The number of hydrogen-bond acceptors (Lipinski definition) is 5. The zero-order chi connectivity index (χ0) is 15.5. The molecular weight excluding hydrogens is 292 g/mol. The lowest BCUT2D eigenvalue weighted by atomic mass is 10.1. The standard InChI is InChI=1S/C15H20O5S/c1-11-14(7-8-20-11)21(17,18)10-13-6-4-3-5-12(13)9-15(16)19-2/h3-6,11,14H,7-10H2,1-2H3. The molecule has 0 radical (unpaired) electrons. The highest BCUT2D eigenvalue weighted by Gasteiger charge is 2.35. The lowest BCUT2D eigenvalue weighted by Gasteiger charge is -2.16. The van der Waals surface area contributed by atoms with Gasteiger partial charge in [0, 0.05) is 6.61 Å². The van der Waals surface area contributed by atoms with E-state index in [4.69, 9.17) is 4.74 Å². The summed E-state index contributed by atoms with van der Waals surface area (Å²) in [7, 11) is -1.99. The summed E-state index contributed by atoms with van der Waals surface area (Å²) in [4.78, 5) is 11.4. The summed E-state index contributed by atoms with van der Waals surface area (Å²) in [5.41, 5.74) is 1.35. The van der Waals surface area contributed by atoms with E-state index in [0.29, 0.717) is 24.2 Å². The van der Waals surface area contributed by atoms with Crippen molar-refractivity contribution in [2.45, 2.75) is 36.9 Å². The van der Waals surface area contributed by atoms with Crippen molar-refractivity contribution in [1.82, 2.24) is 0 Å². The van der Waals surface area contributed by atoms with Crippen LogP contribution in [0.4, 0.5) is 0 Å². The summed E-state index contributed by atoms with van der Waals surface area (Å²) in [6.07, 6.45) is 0.337. The van der Waals surface area contributed by atoms with E-state index in [1.165, 1.54) is 7.11 Å². The van der Waals surface area contributed by atoms with Gasteiger partial charge in [-0.25, -0.2) is 8.42 Å². The Balaban J connectivity index is 2.21. The third kappa shape index (κ3) is 3.83. The second-order valence-electron chi connectivity index (χ2n) is 5.23. The van der Waals surface area contributed by atoms with Gasteiger partial charge in [0.25, 0.3) is 0 Å². The van der Waals surface area contributed by atoms with Crippen molar-refractivity contribution in [1.29, 1.82) is 0 Å². The van der Waals surface area contributed by atoms with E-state index in [2.05, 4.69) is 4.74 Å². The Kier molecular flexibility index (Phi) is 5.00. The van der Waals surface area contributed by atoms with Crippen molar-refractivity contribution >= 4 is 15.8 Å². The van der Waals surface area contributed by atoms with Crippen LogP contribution in [-0.4, -0.2) is 39.5 Å². The number of benzene rings is 1. The second-order valence-corrected chi connectivity index (χ2v) is 7.45. The number of esters is 1. The number of hydrogen-bond donors (Lipinski definition) is 0. The van der Waals surface area contributed by atoms with Gasteiger partial charge in [-0.3, -0.25) is 4.79 Å².